The number of esters is 1. The van der Waals surface area contributed by atoms with Crippen molar-refractivity contribution in [3.05, 3.63) is 63.7 Å². The van der Waals surface area contributed by atoms with Crippen molar-refractivity contribution in [2.24, 2.45) is 0 Å². The third-order valence-corrected chi connectivity index (χ3v) is 6.89. The first-order valence-corrected chi connectivity index (χ1v) is 11.3. The van der Waals surface area contributed by atoms with Crippen molar-refractivity contribution < 1.29 is 14.3 Å². The van der Waals surface area contributed by atoms with Crippen molar-refractivity contribution >= 4 is 5.97 Å². The number of rotatable bonds is 7. The Kier molecular flexibility index (Phi) is 6.78. The topological polar surface area (TPSA) is 65.8 Å². The average molecular weight is 434 g/mol. The molecule has 2 aliphatic rings. The van der Waals surface area contributed by atoms with Crippen LogP contribution in [0.4, 0.5) is 0 Å². The summed E-state index contributed by atoms with van der Waals surface area (Å²) in [6.07, 6.45) is 0.995. The molecule has 0 amide bonds. The van der Waals surface area contributed by atoms with Crippen LogP contribution in [0.5, 0.6) is 5.75 Å². The third kappa shape index (κ3) is 4.64. The molecule has 1 atom stereocenters. The van der Waals surface area contributed by atoms with Crippen molar-refractivity contribution in [2.75, 3.05) is 46.4 Å². The van der Waals surface area contributed by atoms with E-state index in [2.05, 4.69) is 35.8 Å². The highest BCUT2D eigenvalue weighted by Crippen LogP contribution is 2.27. The summed E-state index contributed by atoms with van der Waals surface area (Å²) in [6, 6.07) is 12.1. The standard InChI is InChI=1S/C26H31N3O3/c1-18(21-4-5-22(15-27)25(14-21)31-3)16-29-12-10-28(11-13-29)9-8-20-6-7-23-24(19(20)2)17-32-26(23)30/h4-7,14,18H,8-13,16-17H2,1-3H3. The first kappa shape index (κ1) is 22.3. The number of fused-ring (bicyclic) bond motifs is 1. The Morgan fingerprint density at radius 3 is 2.62 bits per heavy atom. The van der Waals surface area contributed by atoms with Gasteiger partial charge in [-0.15, -0.1) is 0 Å². The Hall–Kier alpha value is -2.88. The quantitative estimate of drug-likeness (QED) is 0.623. The van der Waals surface area contributed by atoms with Gasteiger partial charge in [-0.25, -0.2) is 4.79 Å². The molecule has 2 aromatic carbocycles. The van der Waals surface area contributed by atoms with Gasteiger partial charge in [0.15, 0.2) is 0 Å². The van der Waals surface area contributed by atoms with Crippen molar-refractivity contribution in [3.8, 4) is 11.8 Å². The minimum Gasteiger partial charge on any atom is -0.495 e. The smallest absolute Gasteiger partial charge is 0.338 e. The fraction of sp³-hybridized carbons (Fsp3) is 0.462. The van der Waals surface area contributed by atoms with E-state index in [1.54, 1.807) is 7.11 Å². The Balaban J connectivity index is 1.27. The molecule has 1 saturated heterocycles. The van der Waals surface area contributed by atoms with Gasteiger partial charge in [0.25, 0.3) is 0 Å². The molecule has 168 valence electrons. The van der Waals surface area contributed by atoms with E-state index in [9.17, 15) is 10.1 Å². The van der Waals surface area contributed by atoms with E-state index < -0.39 is 0 Å². The number of nitriles is 1. The Morgan fingerprint density at radius 2 is 1.91 bits per heavy atom. The van der Waals surface area contributed by atoms with Gasteiger partial charge < -0.3 is 19.3 Å². The van der Waals surface area contributed by atoms with Crippen LogP contribution in [0, 0.1) is 18.3 Å². The highest BCUT2D eigenvalue weighted by Gasteiger charge is 2.24. The molecule has 6 nitrogen and oxygen atoms in total. The van der Waals surface area contributed by atoms with Gasteiger partial charge in [-0.1, -0.05) is 19.1 Å². The Labute approximate surface area is 190 Å². The number of nitrogens with zero attached hydrogens (tertiary/aromatic N) is 3. The van der Waals surface area contributed by atoms with Crippen LogP contribution in [-0.4, -0.2) is 62.1 Å². The molecule has 0 saturated carbocycles. The minimum absolute atomic E-state index is 0.195. The minimum atomic E-state index is -0.195. The summed E-state index contributed by atoms with van der Waals surface area (Å²) in [5.74, 6) is 0.834. The van der Waals surface area contributed by atoms with Crippen LogP contribution in [-0.2, 0) is 17.8 Å². The van der Waals surface area contributed by atoms with E-state index >= 15 is 0 Å². The maximum Gasteiger partial charge on any atom is 0.338 e. The predicted octanol–water partition coefficient (Wildman–Crippen LogP) is 3.51. The fourth-order valence-corrected chi connectivity index (χ4v) is 4.74. The number of carbonyl (C=O) groups excluding carboxylic acids is 1. The van der Waals surface area contributed by atoms with Gasteiger partial charge in [-0.3, -0.25) is 0 Å². The van der Waals surface area contributed by atoms with E-state index in [1.165, 1.54) is 16.7 Å². The van der Waals surface area contributed by atoms with E-state index in [0.29, 0.717) is 23.8 Å². The number of methoxy groups -OCH3 is 1. The van der Waals surface area contributed by atoms with E-state index in [-0.39, 0.29) is 5.97 Å². The molecule has 0 bridgehead atoms. The Morgan fingerprint density at radius 1 is 1.16 bits per heavy atom. The second kappa shape index (κ2) is 9.72. The van der Waals surface area contributed by atoms with E-state index in [4.69, 9.17) is 9.47 Å². The van der Waals surface area contributed by atoms with Gasteiger partial charge in [0.1, 0.15) is 18.4 Å². The van der Waals surface area contributed by atoms with Crippen LogP contribution < -0.4 is 4.74 Å². The summed E-state index contributed by atoms with van der Waals surface area (Å²) in [7, 11) is 1.61. The number of piperazine rings is 1. The summed E-state index contributed by atoms with van der Waals surface area (Å²) in [4.78, 5) is 16.8. The van der Waals surface area contributed by atoms with Gasteiger partial charge in [-0.2, -0.15) is 5.26 Å². The molecule has 0 radical (unpaired) electrons. The highest BCUT2D eigenvalue weighted by molar-refractivity contribution is 5.93. The predicted molar refractivity (Wildman–Crippen MR) is 123 cm³/mol. The van der Waals surface area contributed by atoms with Crippen molar-refractivity contribution in [3.63, 3.8) is 0 Å². The average Bonchev–Trinajstić information content (AvgIpc) is 3.20. The van der Waals surface area contributed by atoms with E-state index in [1.807, 2.05) is 24.3 Å². The van der Waals surface area contributed by atoms with Gasteiger partial charge in [0.05, 0.1) is 18.2 Å². The first-order valence-electron chi connectivity index (χ1n) is 11.3. The maximum absolute atomic E-state index is 11.7. The number of hydrogen-bond acceptors (Lipinski definition) is 6. The summed E-state index contributed by atoms with van der Waals surface area (Å²) < 4.78 is 10.5. The van der Waals surface area contributed by atoms with Gasteiger partial charge in [0.2, 0.25) is 0 Å². The normalized spacial score (nSPS) is 17.5. The molecule has 1 unspecified atom stereocenters. The maximum atomic E-state index is 11.7. The van der Waals surface area contributed by atoms with Crippen molar-refractivity contribution in [1.29, 1.82) is 5.26 Å². The molecular weight excluding hydrogens is 402 g/mol. The number of hydrogen-bond donors (Lipinski definition) is 0. The van der Waals surface area contributed by atoms with Gasteiger partial charge >= 0.3 is 5.97 Å². The number of carbonyl (C=O) groups is 1. The molecule has 0 aliphatic carbocycles. The summed E-state index contributed by atoms with van der Waals surface area (Å²) >= 11 is 0. The molecular formula is C26H31N3O3. The van der Waals surface area contributed by atoms with Crippen LogP contribution in [0.1, 0.15) is 51.0 Å². The van der Waals surface area contributed by atoms with Crippen LogP contribution in [0.25, 0.3) is 0 Å². The third-order valence-electron chi connectivity index (χ3n) is 6.89. The summed E-state index contributed by atoms with van der Waals surface area (Å²) in [5.41, 5.74) is 6.10. The molecule has 6 heteroatoms. The zero-order valence-electron chi connectivity index (χ0n) is 19.2. The molecule has 0 N–H and O–H groups in total. The first-order chi connectivity index (χ1) is 15.5. The lowest BCUT2D eigenvalue weighted by molar-refractivity contribution is 0.0535. The number of ether oxygens (including phenoxy) is 2. The zero-order chi connectivity index (χ0) is 22.7. The van der Waals surface area contributed by atoms with Crippen LogP contribution in [0.3, 0.4) is 0 Å². The monoisotopic (exact) mass is 433 g/mol. The fourth-order valence-electron chi connectivity index (χ4n) is 4.74. The molecule has 2 aliphatic heterocycles. The lowest BCUT2D eigenvalue weighted by atomic mass is 9.96. The molecule has 32 heavy (non-hydrogen) atoms. The molecule has 2 heterocycles. The van der Waals surface area contributed by atoms with Gasteiger partial charge in [-0.05, 0) is 54.2 Å². The second-order valence-corrected chi connectivity index (χ2v) is 8.82. The lowest BCUT2D eigenvalue weighted by Crippen LogP contribution is -2.47. The zero-order valence-corrected chi connectivity index (χ0v) is 19.2. The van der Waals surface area contributed by atoms with Crippen molar-refractivity contribution in [2.45, 2.75) is 32.8 Å². The number of cyclic esters (lactones) is 1. The van der Waals surface area contributed by atoms with Crippen LogP contribution in [0.15, 0.2) is 30.3 Å². The molecule has 0 spiro atoms. The van der Waals surface area contributed by atoms with E-state index in [0.717, 1.165) is 56.8 Å². The SMILES string of the molecule is COc1cc(C(C)CN2CCN(CCc3ccc4c(c3C)COC4=O)CC2)ccc1C#N. The largest absolute Gasteiger partial charge is 0.495 e. The Bertz CT molecular complexity index is 1040. The summed E-state index contributed by atoms with van der Waals surface area (Å²) in [5, 5.41) is 9.19. The van der Waals surface area contributed by atoms with Gasteiger partial charge in [0, 0.05) is 44.8 Å². The summed E-state index contributed by atoms with van der Waals surface area (Å²) in [6.45, 7) is 11.0. The molecule has 2 aromatic rings. The molecule has 0 aromatic heterocycles. The number of benzene rings is 2. The lowest BCUT2D eigenvalue weighted by Gasteiger charge is -2.36. The highest BCUT2D eigenvalue weighted by atomic mass is 16.5. The second-order valence-electron chi connectivity index (χ2n) is 8.82. The molecule has 4 rings (SSSR count). The van der Waals surface area contributed by atoms with Crippen molar-refractivity contribution in [1.82, 2.24) is 9.80 Å². The van der Waals surface area contributed by atoms with Crippen LogP contribution in [0.2, 0.25) is 0 Å². The molecule has 1 fully saturated rings. The van der Waals surface area contributed by atoms with Crippen LogP contribution >= 0.6 is 0 Å².